The standard InChI is InChI=1S/C23H25N5O2S2/c29-21(24-10-9-16-13-25-19-7-2-1-6-18(16)19)15-32-23-27-26-22(20-8-4-12-31-20)28(23)14-17-5-3-11-30-17/h1-2,4,6-8,12-13,17,25H,3,5,9-11,14-15H2,(H,24,29)/t17-/m1/s1. The summed E-state index contributed by atoms with van der Waals surface area (Å²) in [6.45, 7) is 2.12. The van der Waals surface area contributed by atoms with Crippen LogP contribution in [0.2, 0.25) is 0 Å². The molecule has 0 aliphatic carbocycles. The Balaban J connectivity index is 1.19. The first-order valence-corrected chi connectivity index (χ1v) is 12.7. The molecule has 32 heavy (non-hydrogen) atoms. The molecular formula is C23H25N5O2S2. The Labute approximate surface area is 194 Å². The number of nitrogens with one attached hydrogen (secondary N) is 2. The molecule has 5 rings (SSSR count). The van der Waals surface area contributed by atoms with Crippen molar-refractivity contribution in [2.24, 2.45) is 0 Å². The Morgan fingerprint density at radius 2 is 2.22 bits per heavy atom. The quantitative estimate of drug-likeness (QED) is 0.362. The maximum absolute atomic E-state index is 12.5. The van der Waals surface area contributed by atoms with Crippen LogP contribution in [-0.2, 0) is 22.5 Å². The number of H-pyrrole nitrogens is 1. The van der Waals surface area contributed by atoms with Crippen molar-refractivity contribution in [3.8, 4) is 10.7 Å². The van der Waals surface area contributed by atoms with Crippen molar-refractivity contribution < 1.29 is 9.53 Å². The van der Waals surface area contributed by atoms with Crippen LogP contribution in [0.25, 0.3) is 21.6 Å². The molecule has 1 aromatic carbocycles. The number of carbonyl (C=O) groups excluding carboxylic acids is 1. The Kier molecular flexibility index (Phi) is 6.56. The number of hydrogen-bond donors (Lipinski definition) is 2. The molecule has 1 amide bonds. The SMILES string of the molecule is O=C(CSc1nnc(-c2cccs2)n1C[C@H]1CCCO1)NCCc1c[nH]c2ccccc12. The zero-order chi connectivity index (χ0) is 21.8. The Morgan fingerprint density at radius 3 is 3.06 bits per heavy atom. The lowest BCUT2D eigenvalue weighted by Crippen LogP contribution is -2.27. The van der Waals surface area contributed by atoms with Gasteiger partial charge in [0.05, 0.1) is 23.3 Å². The fraction of sp³-hybridized carbons (Fsp3) is 0.348. The molecule has 0 bridgehead atoms. The molecule has 4 aromatic rings. The fourth-order valence-electron chi connectivity index (χ4n) is 4.00. The van der Waals surface area contributed by atoms with Gasteiger partial charge in [-0.05, 0) is 42.3 Å². The van der Waals surface area contributed by atoms with Gasteiger partial charge in [-0.25, -0.2) is 0 Å². The smallest absolute Gasteiger partial charge is 0.230 e. The van der Waals surface area contributed by atoms with Gasteiger partial charge < -0.3 is 15.0 Å². The number of para-hydroxylation sites is 1. The summed E-state index contributed by atoms with van der Waals surface area (Å²) in [6, 6.07) is 12.3. The molecule has 7 nitrogen and oxygen atoms in total. The van der Waals surface area contributed by atoms with E-state index in [0.717, 1.165) is 47.2 Å². The van der Waals surface area contributed by atoms with E-state index >= 15 is 0 Å². The number of carbonyl (C=O) groups is 1. The number of aromatic amines is 1. The molecule has 1 atom stereocenters. The highest BCUT2D eigenvalue weighted by atomic mass is 32.2. The molecule has 4 heterocycles. The van der Waals surface area contributed by atoms with Crippen LogP contribution in [0.1, 0.15) is 18.4 Å². The molecule has 0 radical (unpaired) electrons. The van der Waals surface area contributed by atoms with Crippen molar-refractivity contribution in [1.29, 1.82) is 0 Å². The summed E-state index contributed by atoms with van der Waals surface area (Å²) < 4.78 is 7.94. The van der Waals surface area contributed by atoms with E-state index in [2.05, 4.69) is 37.2 Å². The number of ether oxygens (including phenoxy) is 1. The van der Waals surface area contributed by atoms with E-state index in [1.807, 2.05) is 35.8 Å². The van der Waals surface area contributed by atoms with Crippen LogP contribution < -0.4 is 5.32 Å². The summed E-state index contributed by atoms with van der Waals surface area (Å²) in [5.74, 6) is 1.15. The third-order valence-corrected chi connectivity index (χ3v) is 7.42. The highest BCUT2D eigenvalue weighted by Crippen LogP contribution is 2.29. The number of hydrogen-bond acceptors (Lipinski definition) is 6. The van der Waals surface area contributed by atoms with E-state index in [9.17, 15) is 4.79 Å². The lowest BCUT2D eigenvalue weighted by molar-refractivity contribution is -0.118. The Bertz CT molecular complexity index is 1180. The fourth-order valence-corrected chi connectivity index (χ4v) is 5.49. The second kappa shape index (κ2) is 9.89. The van der Waals surface area contributed by atoms with Gasteiger partial charge >= 0.3 is 0 Å². The summed E-state index contributed by atoms with van der Waals surface area (Å²) in [7, 11) is 0. The molecule has 1 saturated heterocycles. The third-order valence-electron chi connectivity index (χ3n) is 5.59. The number of aromatic nitrogens is 4. The number of amides is 1. The summed E-state index contributed by atoms with van der Waals surface area (Å²) in [6.07, 6.45) is 5.11. The maximum atomic E-state index is 12.5. The number of rotatable bonds is 9. The van der Waals surface area contributed by atoms with Crippen molar-refractivity contribution in [2.75, 3.05) is 18.9 Å². The van der Waals surface area contributed by atoms with Gasteiger partial charge in [0.15, 0.2) is 11.0 Å². The van der Waals surface area contributed by atoms with Gasteiger partial charge in [0.2, 0.25) is 5.91 Å². The first kappa shape index (κ1) is 21.2. The van der Waals surface area contributed by atoms with Crippen molar-refractivity contribution in [1.82, 2.24) is 25.1 Å². The molecular weight excluding hydrogens is 442 g/mol. The normalized spacial score (nSPS) is 16.1. The Hall–Kier alpha value is -2.62. The van der Waals surface area contributed by atoms with Crippen LogP contribution in [0.3, 0.4) is 0 Å². The third kappa shape index (κ3) is 4.74. The van der Waals surface area contributed by atoms with Gasteiger partial charge in [0.25, 0.3) is 0 Å². The van der Waals surface area contributed by atoms with Crippen LogP contribution in [0.15, 0.2) is 53.1 Å². The zero-order valence-electron chi connectivity index (χ0n) is 17.6. The summed E-state index contributed by atoms with van der Waals surface area (Å²) in [4.78, 5) is 16.8. The first-order chi connectivity index (χ1) is 15.8. The minimum atomic E-state index is -0.000758. The molecule has 1 aliphatic heterocycles. The van der Waals surface area contributed by atoms with Gasteiger partial charge in [-0.3, -0.25) is 9.36 Å². The number of thiophene rings is 1. The molecule has 3 aromatic heterocycles. The molecule has 0 spiro atoms. The summed E-state index contributed by atoms with van der Waals surface area (Å²) in [5.41, 5.74) is 2.34. The lowest BCUT2D eigenvalue weighted by Gasteiger charge is -2.14. The van der Waals surface area contributed by atoms with E-state index in [1.165, 1.54) is 22.7 Å². The predicted octanol–water partition coefficient (Wildman–Crippen LogP) is 4.12. The molecule has 2 N–H and O–H groups in total. The highest BCUT2D eigenvalue weighted by molar-refractivity contribution is 7.99. The van der Waals surface area contributed by atoms with E-state index in [0.29, 0.717) is 18.8 Å². The van der Waals surface area contributed by atoms with Gasteiger partial charge in [0.1, 0.15) is 0 Å². The second-order valence-electron chi connectivity index (χ2n) is 7.78. The van der Waals surface area contributed by atoms with Gasteiger partial charge in [-0.1, -0.05) is 36.0 Å². The van der Waals surface area contributed by atoms with Gasteiger partial charge in [-0.15, -0.1) is 21.5 Å². The maximum Gasteiger partial charge on any atom is 0.230 e. The average molecular weight is 468 g/mol. The van der Waals surface area contributed by atoms with Crippen LogP contribution >= 0.6 is 23.1 Å². The molecule has 9 heteroatoms. The van der Waals surface area contributed by atoms with E-state index in [1.54, 1.807) is 11.3 Å². The van der Waals surface area contributed by atoms with Crippen LogP contribution in [0.5, 0.6) is 0 Å². The average Bonchev–Trinajstić information content (AvgIpc) is 3.60. The van der Waals surface area contributed by atoms with Crippen molar-refractivity contribution in [3.63, 3.8) is 0 Å². The summed E-state index contributed by atoms with van der Waals surface area (Å²) >= 11 is 3.07. The topological polar surface area (TPSA) is 84.8 Å². The van der Waals surface area contributed by atoms with Crippen LogP contribution in [0.4, 0.5) is 0 Å². The van der Waals surface area contributed by atoms with Crippen molar-refractivity contribution in [2.45, 2.75) is 37.1 Å². The summed E-state index contributed by atoms with van der Waals surface area (Å²) in [5, 5.41) is 15.8. The number of thioether (sulfide) groups is 1. The number of nitrogens with zero attached hydrogens (tertiary/aromatic N) is 3. The first-order valence-electron chi connectivity index (χ1n) is 10.8. The predicted molar refractivity (Wildman–Crippen MR) is 128 cm³/mol. The van der Waals surface area contributed by atoms with Crippen LogP contribution in [-0.4, -0.2) is 50.7 Å². The number of fused-ring (bicyclic) bond motifs is 1. The minimum Gasteiger partial charge on any atom is -0.376 e. The number of benzene rings is 1. The molecule has 1 fully saturated rings. The van der Waals surface area contributed by atoms with Crippen LogP contribution in [0, 0.1) is 0 Å². The van der Waals surface area contributed by atoms with Crippen molar-refractivity contribution >= 4 is 39.9 Å². The van der Waals surface area contributed by atoms with E-state index in [4.69, 9.17) is 4.74 Å². The monoisotopic (exact) mass is 467 g/mol. The highest BCUT2D eigenvalue weighted by Gasteiger charge is 2.22. The zero-order valence-corrected chi connectivity index (χ0v) is 19.3. The van der Waals surface area contributed by atoms with Gasteiger partial charge in [0, 0.05) is 30.3 Å². The van der Waals surface area contributed by atoms with E-state index in [-0.39, 0.29) is 12.0 Å². The molecule has 166 valence electrons. The van der Waals surface area contributed by atoms with E-state index < -0.39 is 0 Å². The van der Waals surface area contributed by atoms with Crippen molar-refractivity contribution in [3.05, 3.63) is 53.5 Å². The molecule has 0 unspecified atom stereocenters. The van der Waals surface area contributed by atoms with Gasteiger partial charge in [-0.2, -0.15) is 0 Å². The Morgan fingerprint density at radius 1 is 1.28 bits per heavy atom. The molecule has 1 aliphatic rings. The lowest BCUT2D eigenvalue weighted by atomic mass is 10.1. The minimum absolute atomic E-state index is 0.000758. The molecule has 0 saturated carbocycles. The second-order valence-corrected chi connectivity index (χ2v) is 9.67. The largest absolute Gasteiger partial charge is 0.376 e.